The number of carbonyl (C=O) groups excluding carboxylic acids is 1. The van der Waals surface area contributed by atoms with E-state index < -0.39 is 5.41 Å². The molecule has 1 fully saturated rings. The van der Waals surface area contributed by atoms with E-state index in [1.165, 1.54) is 6.07 Å². The zero-order chi connectivity index (χ0) is 15.3. The third-order valence-electron chi connectivity index (χ3n) is 4.04. The van der Waals surface area contributed by atoms with Crippen LogP contribution >= 0.6 is 0 Å². The summed E-state index contributed by atoms with van der Waals surface area (Å²) in [5.41, 5.74) is -0.431. The van der Waals surface area contributed by atoms with Gasteiger partial charge in [0.15, 0.2) is 0 Å². The van der Waals surface area contributed by atoms with Crippen molar-refractivity contribution in [2.75, 3.05) is 39.3 Å². The van der Waals surface area contributed by atoms with Crippen LogP contribution in [0.3, 0.4) is 0 Å². The Balaban J connectivity index is 1.88. The predicted molar refractivity (Wildman–Crippen MR) is 81.7 cm³/mol. The fourth-order valence-corrected chi connectivity index (χ4v) is 2.57. The zero-order valence-electron chi connectivity index (χ0n) is 12.8. The molecule has 116 valence electrons. The molecule has 1 aromatic rings. The average molecular weight is 293 g/mol. The van der Waals surface area contributed by atoms with Gasteiger partial charge in [-0.15, -0.1) is 0 Å². The van der Waals surface area contributed by atoms with E-state index in [-0.39, 0.29) is 11.7 Å². The Morgan fingerprint density at radius 3 is 2.67 bits per heavy atom. The summed E-state index contributed by atoms with van der Waals surface area (Å²) in [6.45, 7) is 8.94. The minimum Gasteiger partial charge on any atom is -0.354 e. The minimum atomic E-state index is -0.866. The Hall–Kier alpha value is -1.46. The normalized spacial score (nSPS) is 16.7. The summed E-state index contributed by atoms with van der Waals surface area (Å²) >= 11 is 0. The maximum Gasteiger partial charge on any atom is 0.230 e. The smallest absolute Gasteiger partial charge is 0.230 e. The van der Waals surface area contributed by atoms with Crippen LogP contribution in [-0.2, 0) is 10.2 Å². The quantitative estimate of drug-likeness (QED) is 0.855. The third kappa shape index (κ3) is 4.02. The van der Waals surface area contributed by atoms with Crippen LogP contribution in [0.4, 0.5) is 4.39 Å². The Morgan fingerprint density at radius 2 is 2.00 bits per heavy atom. The Morgan fingerprint density at radius 1 is 1.33 bits per heavy atom. The van der Waals surface area contributed by atoms with Crippen LogP contribution in [0.25, 0.3) is 0 Å². The van der Waals surface area contributed by atoms with Gasteiger partial charge in [0.25, 0.3) is 0 Å². The molecule has 0 unspecified atom stereocenters. The van der Waals surface area contributed by atoms with Gasteiger partial charge in [0.1, 0.15) is 5.82 Å². The number of halogens is 1. The van der Waals surface area contributed by atoms with E-state index in [1.807, 2.05) is 0 Å². The van der Waals surface area contributed by atoms with E-state index in [4.69, 9.17) is 0 Å². The third-order valence-corrected chi connectivity index (χ3v) is 4.04. The molecule has 0 atom stereocenters. The van der Waals surface area contributed by atoms with Gasteiger partial charge in [-0.25, -0.2) is 4.39 Å². The first-order valence-electron chi connectivity index (χ1n) is 7.48. The highest BCUT2D eigenvalue weighted by Gasteiger charge is 2.31. The van der Waals surface area contributed by atoms with Crippen molar-refractivity contribution >= 4 is 5.91 Å². The largest absolute Gasteiger partial charge is 0.354 e. The van der Waals surface area contributed by atoms with Gasteiger partial charge in [0.2, 0.25) is 5.91 Å². The van der Waals surface area contributed by atoms with E-state index >= 15 is 0 Å². The first-order valence-corrected chi connectivity index (χ1v) is 7.48. The number of carbonyl (C=O) groups is 1. The summed E-state index contributed by atoms with van der Waals surface area (Å²) in [4.78, 5) is 14.7. The first kappa shape index (κ1) is 15.9. The molecular formula is C16H24FN3O. The van der Waals surface area contributed by atoms with Crippen LogP contribution < -0.4 is 10.6 Å². The molecule has 1 aliphatic rings. The second kappa shape index (κ2) is 7.00. The Labute approximate surface area is 125 Å². The number of rotatable bonds is 5. The molecule has 0 saturated carbocycles. The monoisotopic (exact) mass is 293 g/mol. The van der Waals surface area contributed by atoms with Gasteiger partial charge in [0.05, 0.1) is 5.41 Å². The lowest BCUT2D eigenvalue weighted by Gasteiger charge is -2.28. The molecule has 1 heterocycles. The molecule has 1 amide bonds. The summed E-state index contributed by atoms with van der Waals surface area (Å²) in [6.07, 6.45) is 0. The van der Waals surface area contributed by atoms with Crippen LogP contribution in [0, 0.1) is 5.82 Å². The Kier molecular flexibility index (Phi) is 5.31. The number of amides is 1. The minimum absolute atomic E-state index is 0.136. The predicted octanol–water partition coefficient (Wildman–Crippen LogP) is 1.12. The number of nitrogens with zero attached hydrogens (tertiary/aromatic N) is 1. The van der Waals surface area contributed by atoms with Crippen molar-refractivity contribution in [1.82, 2.24) is 15.5 Å². The summed E-state index contributed by atoms with van der Waals surface area (Å²) in [7, 11) is 0. The van der Waals surface area contributed by atoms with E-state index in [0.29, 0.717) is 12.1 Å². The molecule has 21 heavy (non-hydrogen) atoms. The van der Waals surface area contributed by atoms with Crippen molar-refractivity contribution in [3.63, 3.8) is 0 Å². The van der Waals surface area contributed by atoms with Crippen molar-refractivity contribution in [3.8, 4) is 0 Å². The maximum absolute atomic E-state index is 13.9. The van der Waals surface area contributed by atoms with Crippen molar-refractivity contribution < 1.29 is 9.18 Å². The highest BCUT2D eigenvalue weighted by atomic mass is 19.1. The molecule has 1 aromatic carbocycles. The molecule has 5 heteroatoms. The highest BCUT2D eigenvalue weighted by Crippen LogP contribution is 2.25. The molecular weight excluding hydrogens is 269 g/mol. The second-order valence-corrected chi connectivity index (χ2v) is 5.95. The van der Waals surface area contributed by atoms with Gasteiger partial charge in [-0.3, -0.25) is 9.69 Å². The molecule has 0 aliphatic carbocycles. The standard InChI is InChI=1S/C16H24FN3O/c1-16(2,13-5-3-4-6-14(13)17)15(21)19-9-12-20-10-7-18-8-11-20/h3-6,18H,7-12H2,1-2H3,(H,19,21). The lowest BCUT2D eigenvalue weighted by Crippen LogP contribution is -2.48. The van der Waals surface area contributed by atoms with E-state index in [2.05, 4.69) is 15.5 Å². The van der Waals surface area contributed by atoms with Crippen LogP contribution in [0.2, 0.25) is 0 Å². The maximum atomic E-state index is 13.9. The molecule has 4 nitrogen and oxygen atoms in total. The van der Waals surface area contributed by atoms with Crippen molar-refractivity contribution in [1.29, 1.82) is 0 Å². The number of benzene rings is 1. The zero-order valence-corrected chi connectivity index (χ0v) is 12.8. The van der Waals surface area contributed by atoms with E-state index in [1.54, 1.807) is 32.0 Å². The lowest BCUT2D eigenvalue weighted by atomic mass is 9.83. The van der Waals surface area contributed by atoms with Gasteiger partial charge < -0.3 is 10.6 Å². The second-order valence-electron chi connectivity index (χ2n) is 5.95. The topological polar surface area (TPSA) is 44.4 Å². The van der Waals surface area contributed by atoms with Crippen molar-refractivity contribution in [2.45, 2.75) is 19.3 Å². The summed E-state index contributed by atoms with van der Waals surface area (Å²) < 4.78 is 13.9. The van der Waals surface area contributed by atoms with Gasteiger partial charge in [0, 0.05) is 44.8 Å². The molecule has 0 aromatic heterocycles. The number of hydrogen-bond acceptors (Lipinski definition) is 3. The van der Waals surface area contributed by atoms with Gasteiger partial charge in [-0.1, -0.05) is 18.2 Å². The van der Waals surface area contributed by atoms with Crippen LogP contribution in [0.15, 0.2) is 24.3 Å². The molecule has 0 radical (unpaired) electrons. The van der Waals surface area contributed by atoms with Crippen molar-refractivity contribution in [3.05, 3.63) is 35.6 Å². The van der Waals surface area contributed by atoms with Gasteiger partial charge in [-0.2, -0.15) is 0 Å². The summed E-state index contributed by atoms with van der Waals surface area (Å²) in [6, 6.07) is 6.46. The van der Waals surface area contributed by atoms with Gasteiger partial charge >= 0.3 is 0 Å². The number of piperazine rings is 1. The van der Waals surface area contributed by atoms with Crippen LogP contribution in [0.1, 0.15) is 19.4 Å². The van der Waals surface area contributed by atoms with Crippen LogP contribution in [-0.4, -0.2) is 50.1 Å². The fourth-order valence-electron chi connectivity index (χ4n) is 2.57. The van der Waals surface area contributed by atoms with E-state index in [9.17, 15) is 9.18 Å². The Bertz CT molecular complexity index is 484. The average Bonchev–Trinajstić information content (AvgIpc) is 2.48. The first-order chi connectivity index (χ1) is 10.0. The molecule has 2 rings (SSSR count). The number of nitrogens with one attached hydrogen (secondary N) is 2. The van der Waals surface area contributed by atoms with E-state index in [0.717, 1.165) is 32.7 Å². The molecule has 1 saturated heterocycles. The lowest BCUT2D eigenvalue weighted by molar-refractivity contribution is -0.125. The molecule has 2 N–H and O–H groups in total. The summed E-state index contributed by atoms with van der Waals surface area (Å²) in [5, 5.41) is 6.22. The van der Waals surface area contributed by atoms with Gasteiger partial charge in [-0.05, 0) is 19.9 Å². The molecule has 1 aliphatic heterocycles. The molecule has 0 bridgehead atoms. The molecule has 0 spiro atoms. The summed E-state index contributed by atoms with van der Waals surface area (Å²) in [5.74, 6) is -0.470. The van der Waals surface area contributed by atoms with Crippen LogP contribution in [0.5, 0.6) is 0 Å². The SMILES string of the molecule is CC(C)(C(=O)NCCN1CCNCC1)c1ccccc1F. The number of hydrogen-bond donors (Lipinski definition) is 2. The fraction of sp³-hybridized carbons (Fsp3) is 0.562. The van der Waals surface area contributed by atoms with Crippen molar-refractivity contribution in [2.24, 2.45) is 0 Å². The highest BCUT2D eigenvalue weighted by molar-refractivity contribution is 5.87.